The molecule has 1 heterocycles. The number of sulfone groups is 1. The number of hydrogen-bond acceptors (Lipinski definition) is 5. The van der Waals surface area contributed by atoms with Crippen LogP contribution < -0.4 is 11.1 Å². The molecule has 3 N–H and O–H groups in total. The van der Waals surface area contributed by atoms with Crippen LogP contribution in [0.3, 0.4) is 0 Å². The van der Waals surface area contributed by atoms with Gasteiger partial charge in [0.25, 0.3) is 5.91 Å². The van der Waals surface area contributed by atoms with Crippen LogP contribution in [0.5, 0.6) is 0 Å². The number of amides is 3. The predicted molar refractivity (Wildman–Crippen MR) is 124 cm³/mol. The highest BCUT2D eigenvalue weighted by Gasteiger charge is 2.28. The van der Waals surface area contributed by atoms with Crippen LogP contribution in [0.1, 0.15) is 52.7 Å². The van der Waals surface area contributed by atoms with E-state index in [0.717, 1.165) is 30.2 Å². The largest absolute Gasteiger partial charge is 0.352 e. The van der Waals surface area contributed by atoms with Crippen molar-refractivity contribution in [2.75, 3.05) is 19.3 Å². The first-order valence-electron chi connectivity index (χ1n) is 10.8. The Bertz CT molecular complexity index is 1180. The van der Waals surface area contributed by atoms with Crippen LogP contribution in [0.25, 0.3) is 0 Å². The zero-order valence-electron chi connectivity index (χ0n) is 18.7. The van der Waals surface area contributed by atoms with Gasteiger partial charge in [-0.3, -0.25) is 4.79 Å². The molecule has 0 saturated carbocycles. The number of nitriles is 1. The molecule has 2 aromatic carbocycles. The third kappa shape index (κ3) is 6.11. The maximum atomic E-state index is 13.3. The first kappa shape index (κ1) is 24.3. The lowest BCUT2D eigenvalue weighted by Crippen LogP contribution is -2.39. The van der Waals surface area contributed by atoms with Gasteiger partial charge in [0, 0.05) is 25.4 Å². The van der Waals surface area contributed by atoms with Gasteiger partial charge in [0.1, 0.15) is 0 Å². The van der Waals surface area contributed by atoms with E-state index >= 15 is 0 Å². The number of carbonyl (C=O) groups excluding carboxylic acids is 2. The lowest BCUT2D eigenvalue weighted by atomic mass is 9.89. The van der Waals surface area contributed by atoms with Crippen molar-refractivity contribution in [3.8, 4) is 6.07 Å². The highest BCUT2D eigenvalue weighted by Crippen LogP contribution is 2.30. The summed E-state index contributed by atoms with van der Waals surface area (Å²) in [5.41, 5.74) is 7.80. The summed E-state index contributed by atoms with van der Waals surface area (Å²) in [6.07, 6.45) is 3.01. The summed E-state index contributed by atoms with van der Waals surface area (Å²) in [4.78, 5) is 26.1. The highest BCUT2D eigenvalue weighted by atomic mass is 32.2. The van der Waals surface area contributed by atoms with Gasteiger partial charge in [-0.2, -0.15) is 5.26 Å². The van der Waals surface area contributed by atoms with Crippen molar-refractivity contribution < 1.29 is 18.0 Å². The average molecular weight is 469 g/mol. The van der Waals surface area contributed by atoms with E-state index in [2.05, 4.69) is 11.4 Å². The van der Waals surface area contributed by atoms with E-state index in [1.54, 1.807) is 36.1 Å². The number of urea groups is 1. The van der Waals surface area contributed by atoms with Gasteiger partial charge in [0.15, 0.2) is 9.84 Å². The maximum absolute atomic E-state index is 13.3. The Hall–Kier alpha value is -3.38. The van der Waals surface area contributed by atoms with E-state index in [4.69, 9.17) is 11.0 Å². The van der Waals surface area contributed by atoms with Gasteiger partial charge in [0.2, 0.25) is 0 Å². The molecule has 174 valence electrons. The first-order valence-corrected chi connectivity index (χ1v) is 12.7. The Morgan fingerprint density at radius 3 is 2.36 bits per heavy atom. The summed E-state index contributed by atoms with van der Waals surface area (Å²) in [5, 5.41) is 11.6. The van der Waals surface area contributed by atoms with E-state index in [1.807, 2.05) is 12.1 Å². The number of piperidine rings is 1. The zero-order valence-corrected chi connectivity index (χ0v) is 19.6. The van der Waals surface area contributed by atoms with Gasteiger partial charge in [-0.1, -0.05) is 18.2 Å². The lowest BCUT2D eigenvalue weighted by molar-refractivity contribution is 0.0709. The third-order valence-electron chi connectivity index (χ3n) is 5.90. The number of likely N-dealkylation sites (tertiary alicyclic amines) is 1. The highest BCUT2D eigenvalue weighted by molar-refractivity contribution is 7.90. The SMILES string of the molecule is CC(Cc1ccc(S(C)(=O)=O)c(C(=O)N2CCC(c3ccc(C#N)cc3)CC2)c1)NC(N)=O. The van der Waals surface area contributed by atoms with Crippen molar-refractivity contribution in [1.82, 2.24) is 10.2 Å². The number of nitrogens with two attached hydrogens (primary N) is 1. The van der Waals surface area contributed by atoms with Crippen molar-refractivity contribution in [3.63, 3.8) is 0 Å². The average Bonchev–Trinajstić information content (AvgIpc) is 2.77. The predicted octanol–water partition coefficient (Wildman–Crippen LogP) is 2.58. The van der Waals surface area contributed by atoms with Crippen LogP contribution >= 0.6 is 0 Å². The van der Waals surface area contributed by atoms with Crippen LogP contribution in [-0.4, -0.2) is 50.6 Å². The second-order valence-electron chi connectivity index (χ2n) is 8.52. The number of hydrogen-bond donors (Lipinski definition) is 2. The van der Waals surface area contributed by atoms with Crippen LogP contribution in [0, 0.1) is 11.3 Å². The molecule has 0 aliphatic carbocycles. The zero-order chi connectivity index (χ0) is 24.2. The number of nitrogens with zero attached hydrogens (tertiary/aromatic N) is 2. The van der Waals surface area contributed by atoms with Crippen LogP contribution in [0.4, 0.5) is 4.79 Å². The molecular formula is C24H28N4O4S. The second kappa shape index (κ2) is 10.0. The number of nitrogens with one attached hydrogen (secondary N) is 1. The van der Waals surface area contributed by atoms with Gasteiger partial charge < -0.3 is 16.0 Å². The number of rotatable bonds is 6. The van der Waals surface area contributed by atoms with Crippen LogP contribution in [-0.2, 0) is 16.3 Å². The molecule has 9 heteroatoms. The molecule has 3 amide bonds. The topological polar surface area (TPSA) is 133 Å². The van der Waals surface area contributed by atoms with Crippen LogP contribution in [0.2, 0.25) is 0 Å². The van der Waals surface area contributed by atoms with Gasteiger partial charge in [-0.15, -0.1) is 0 Å². The Morgan fingerprint density at radius 2 is 1.82 bits per heavy atom. The Labute approximate surface area is 194 Å². The molecule has 2 aromatic rings. The normalized spacial score (nSPS) is 15.5. The Morgan fingerprint density at radius 1 is 1.18 bits per heavy atom. The van der Waals surface area contributed by atoms with Crippen molar-refractivity contribution in [3.05, 3.63) is 64.7 Å². The van der Waals surface area contributed by atoms with E-state index in [0.29, 0.717) is 25.1 Å². The monoisotopic (exact) mass is 468 g/mol. The quantitative estimate of drug-likeness (QED) is 0.672. The Balaban J connectivity index is 1.78. The van der Waals surface area contributed by atoms with Crippen molar-refractivity contribution >= 4 is 21.8 Å². The molecule has 33 heavy (non-hydrogen) atoms. The minimum atomic E-state index is -3.61. The smallest absolute Gasteiger partial charge is 0.312 e. The standard InChI is InChI=1S/C24H28N4O4S/c1-16(27-24(26)30)13-18-5-8-22(33(2,31)32)21(14-18)23(29)28-11-9-20(10-12-28)19-6-3-17(15-25)4-7-19/h3-8,14,16,20H,9-13H2,1-2H3,(H3,26,27,30). The first-order chi connectivity index (χ1) is 15.6. The van der Waals surface area contributed by atoms with Crippen molar-refractivity contribution in [1.29, 1.82) is 5.26 Å². The molecule has 1 saturated heterocycles. The molecule has 8 nitrogen and oxygen atoms in total. The van der Waals surface area contributed by atoms with E-state index in [1.165, 1.54) is 6.07 Å². The lowest BCUT2D eigenvalue weighted by Gasteiger charge is -2.32. The molecule has 0 spiro atoms. The minimum absolute atomic E-state index is 0.000907. The molecular weight excluding hydrogens is 440 g/mol. The fraction of sp³-hybridized carbons (Fsp3) is 0.375. The molecule has 3 rings (SSSR count). The van der Waals surface area contributed by atoms with E-state index in [-0.39, 0.29) is 28.3 Å². The molecule has 0 bridgehead atoms. The van der Waals surface area contributed by atoms with Gasteiger partial charge in [-0.05, 0) is 67.5 Å². The summed E-state index contributed by atoms with van der Waals surface area (Å²) in [6.45, 7) is 2.80. The molecule has 1 aliphatic rings. The third-order valence-corrected chi connectivity index (χ3v) is 7.05. The fourth-order valence-electron chi connectivity index (χ4n) is 4.26. The number of benzene rings is 2. The molecule has 1 atom stereocenters. The number of primary amides is 1. The molecule has 1 fully saturated rings. The van der Waals surface area contributed by atoms with Crippen molar-refractivity contribution in [2.24, 2.45) is 5.73 Å². The molecule has 1 aliphatic heterocycles. The fourth-order valence-corrected chi connectivity index (χ4v) is 5.12. The van der Waals surface area contributed by atoms with E-state index < -0.39 is 15.9 Å². The Kier molecular flexibility index (Phi) is 7.39. The number of carbonyl (C=O) groups is 2. The minimum Gasteiger partial charge on any atom is -0.352 e. The summed E-state index contributed by atoms with van der Waals surface area (Å²) >= 11 is 0. The van der Waals surface area contributed by atoms with Gasteiger partial charge in [0.05, 0.1) is 22.1 Å². The molecule has 0 radical (unpaired) electrons. The van der Waals surface area contributed by atoms with Crippen LogP contribution in [0.15, 0.2) is 47.4 Å². The van der Waals surface area contributed by atoms with Crippen molar-refractivity contribution in [2.45, 2.75) is 43.0 Å². The molecule has 0 aromatic heterocycles. The summed E-state index contributed by atoms with van der Waals surface area (Å²) < 4.78 is 24.7. The summed E-state index contributed by atoms with van der Waals surface area (Å²) in [6, 6.07) is 13.4. The van der Waals surface area contributed by atoms with Gasteiger partial charge >= 0.3 is 6.03 Å². The van der Waals surface area contributed by atoms with Gasteiger partial charge in [-0.25, -0.2) is 13.2 Å². The molecule has 1 unspecified atom stereocenters. The summed E-state index contributed by atoms with van der Waals surface area (Å²) in [5.74, 6) is -0.0331. The van der Waals surface area contributed by atoms with E-state index in [9.17, 15) is 18.0 Å². The maximum Gasteiger partial charge on any atom is 0.312 e. The second-order valence-corrected chi connectivity index (χ2v) is 10.5. The summed E-state index contributed by atoms with van der Waals surface area (Å²) in [7, 11) is -3.61.